The van der Waals surface area contributed by atoms with Gasteiger partial charge in [-0.2, -0.15) is 13.2 Å². The summed E-state index contributed by atoms with van der Waals surface area (Å²) in [5.41, 5.74) is 1.86. The minimum absolute atomic E-state index is 0.0533. The number of carbonyl (C=O) groups is 2. The van der Waals surface area contributed by atoms with Crippen molar-refractivity contribution >= 4 is 28.8 Å². The average molecular weight is 546 g/mol. The number of thioether (sulfide) groups is 1. The minimum Gasteiger partial charge on any atom is -0.460 e. The van der Waals surface area contributed by atoms with Gasteiger partial charge >= 0.3 is 12.1 Å². The van der Waals surface area contributed by atoms with Gasteiger partial charge in [-0.25, -0.2) is 9.79 Å². The van der Waals surface area contributed by atoms with Crippen molar-refractivity contribution in [3.63, 3.8) is 0 Å². The zero-order chi connectivity index (χ0) is 27.3. The van der Waals surface area contributed by atoms with Crippen LogP contribution in [0.5, 0.6) is 0 Å². The van der Waals surface area contributed by atoms with Crippen LogP contribution in [0.2, 0.25) is 0 Å². The van der Waals surface area contributed by atoms with Crippen molar-refractivity contribution in [3.8, 4) is 0 Å². The van der Waals surface area contributed by atoms with Gasteiger partial charge in [0.15, 0.2) is 5.17 Å². The predicted molar refractivity (Wildman–Crippen MR) is 138 cm³/mol. The Morgan fingerprint density at radius 3 is 2.58 bits per heavy atom. The molecule has 1 atom stereocenters. The van der Waals surface area contributed by atoms with Crippen LogP contribution in [-0.4, -0.2) is 42.3 Å². The second-order valence-corrected chi connectivity index (χ2v) is 9.42. The van der Waals surface area contributed by atoms with E-state index in [1.54, 1.807) is 12.3 Å². The lowest BCUT2D eigenvalue weighted by atomic mass is 9.94. The lowest BCUT2D eigenvalue weighted by molar-refractivity contribution is -0.141. The summed E-state index contributed by atoms with van der Waals surface area (Å²) >= 11 is 1.34. The summed E-state index contributed by atoms with van der Waals surface area (Å²) < 4.78 is 49.5. The first-order chi connectivity index (χ1) is 18.2. The first kappa shape index (κ1) is 27.5. The molecule has 2 aromatic carbocycles. The van der Waals surface area contributed by atoms with E-state index in [-0.39, 0.29) is 32.1 Å². The van der Waals surface area contributed by atoms with Crippen LogP contribution in [0, 0.1) is 0 Å². The maximum Gasteiger partial charge on any atom is 0.416 e. The number of nitrogens with one attached hydrogen (secondary N) is 1. The molecule has 0 radical (unpaired) electrons. The molecule has 2 aliphatic heterocycles. The first-order valence-electron chi connectivity index (χ1n) is 11.8. The number of aliphatic imine (C=N–C) groups is 1. The quantitative estimate of drug-likeness (QED) is 0.346. The van der Waals surface area contributed by atoms with Gasteiger partial charge in [0.1, 0.15) is 6.61 Å². The summed E-state index contributed by atoms with van der Waals surface area (Å²) in [7, 11) is 1.51. The number of allylic oxidation sites excluding steroid dienone is 1. The molecule has 0 saturated heterocycles. The summed E-state index contributed by atoms with van der Waals surface area (Å²) in [5, 5.41) is 5.10. The van der Waals surface area contributed by atoms with Crippen LogP contribution in [0.3, 0.4) is 0 Å². The van der Waals surface area contributed by atoms with Crippen molar-refractivity contribution in [1.82, 2.24) is 10.2 Å². The molecule has 2 heterocycles. The minimum atomic E-state index is -4.46. The molecule has 11 heteroatoms. The number of esters is 1. The Bertz CT molecular complexity index is 1290. The molecule has 200 valence electrons. The van der Waals surface area contributed by atoms with Gasteiger partial charge in [-0.3, -0.25) is 4.79 Å². The number of amidine groups is 1. The fraction of sp³-hybridized carbons (Fsp3) is 0.296. The molecule has 7 nitrogen and oxygen atoms in total. The van der Waals surface area contributed by atoms with E-state index in [0.717, 1.165) is 17.7 Å². The number of nitrogens with zero attached hydrogens (tertiary/aromatic N) is 2. The Morgan fingerprint density at radius 1 is 1.11 bits per heavy atom. The summed E-state index contributed by atoms with van der Waals surface area (Å²) in [4.78, 5) is 32.4. The number of rotatable bonds is 9. The zero-order valence-electron chi connectivity index (χ0n) is 20.7. The number of ether oxygens (including phenoxy) is 2. The van der Waals surface area contributed by atoms with Crippen LogP contribution < -0.4 is 5.32 Å². The van der Waals surface area contributed by atoms with E-state index in [4.69, 9.17) is 9.47 Å². The summed E-state index contributed by atoms with van der Waals surface area (Å²) in [6.45, 7) is 2.02. The molecule has 2 aliphatic rings. The van der Waals surface area contributed by atoms with Crippen LogP contribution in [0.4, 0.5) is 13.2 Å². The van der Waals surface area contributed by atoms with Crippen molar-refractivity contribution in [2.24, 2.45) is 4.99 Å². The molecule has 4 rings (SSSR count). The third-order valence-electron chi connectivity index (χ3n) is 5.94. The Labute approximate surface area is 222 Å². The van der Waals surface area contributed by atoms with E-state index in [1.165, 1.54) is 31.0 Å². The van der Waals surface area contributed by atoms with Crippen LogP contribution in [0.1, 0.15) is 36.1 Å². The summed E-state index contributed by atoms with van der Waals surface area (Å²) in [5.74, 6) is -0.903. The van der Waals surface area contributed by atoms with E-state index >= 15 is 0 Å². The SMILES string of the molecule is COCCOC(=O)C1=C(C)N=C2SC=C(CC(=O)NCc3cccc(C(F)(F)F)c3)N2C1c1ccccc1. The molecular weight excluding hydrogens is 519 g/mol. The fourth-order valence-corrected chi connectivity index (χ4v) is 5.13. The van der Waals surface area contributed by atoms with Crippen molar-refractivity contribution in [1.29, 1.82) is 0 Å². The standard InChI is InChI=1S/C27H26F3N3O4S/c1-17-23(25(35)37-12-11-36-2)24(19-8-4-3-5-9-19)33-21(16-38-26(33)32-17)14-22(34)31-15-18-7-6-10-20(13-18)27(28,29)30/h3-10,13,16,24H,11-12,14-15H2,1-2H3,(H,31,34). The monoisotopic (exact) mass is 545 g/mol. The van der Waals surface area contributed by atoms with Crippen molar-refractivity contribution in [2.75, 3.05) is 20.3 Å². The maximum absolute atomic E-state index is 13.1. The number of carbonyl (C=O) groups excluding carboxylic acids is 2. The van der Waals surface area contributed by atoms with E-state index in [9.17, 15) is 22.8 Å². The van der Waals surface area contributed by atoms with Gasteiger partial charge in [-0.1, -0.05) is 54.2 Å². The van der Waals surface area contributed by atoms with Gasteiger partial charge in [-0.05, 0) is 35.6 Å². The number of alkyl halides is 3. The Hall–Kier alpha value is -3.57. The molecule has 38 heavy (non-hydrogen) atoms. The Kier molecular flexibility index (Phi) is 8.58. The lowest BCUT2D eigenvalue weighted by Gasteiger charge is -2.36. The highest BCUT2D eigenvalue weighted by Crippen LogP contribution is 2.44. The number of fused-ring (bicyclic) bond motifs is 1. The van der Waals surface area contributed by atoms with Crippen LogP contribution in [0.15, 0.2) is 82.0 Å². The number of benzene rings is 2. The van der Waals surface area contributed by atoms with Crippen LogP contribution >= 0.6 is 11.8 Å². The van der Waals surface area contributed by atoms with Gasteiger partial charge in [0.2, 0.25) is 5.91 Å². The second-order valence-electron chi connectivity index (χ2n) is 8.58. The molecule has 0 saturated carbocycles. The van der Waals surface area contributed by atoms with Crippen molar-refractivity contribution < 1.29 is 32.2 Å². The smallest absolute Gasteiger partial charge is 0.416 e. The molecular formula is C27H26F3N3O4S. The van der Waals surface area contributed by atoms with Gasteiger partial charge in [0.25, 0.3) is 0 Å². The molecule has 0 fully saturated rings. The molecule has 0 aromatic heterocycles. The van der Waals surface area contributed by atoms with Crippen LogP contribution in [-0.2, 0) is 31.8 Å². The van der Waals surface area contributed by atoms with Crippen molar-refractivity contribution in [3.05, 3.63) is 93.7 Å². The van der Waals surface area contributed by atoms with Crippen LogP contribution in [0.25, 0.3) is 0 Å². The molecule has 1 N–H and O–H groups in total. The molecule has 0 aliphatic carbocycles. The lowest BCUT2D eigenvalue weighted by Crippen LogP contribution is -2.38. The second kappa shape index (κ2) is 11.9. The van der Waals surface area contributed by atoms with E-state index in [0.29, 0.717) is 27.7 Å². The molecule has 0 bridgehead atoms. The van der Waals surface area contributed by atoms with Gasteiger partial charge in [0.05, 0.1) is 35.9 Å². The van der Waals surface area contributed by atoms with E-state index in [2.05, 4.69) is 10.3 Å². The van der Waals surface area contributed by atoms with Crippen molar-refractivity contribution in [2.45, 2.75) is 32.1 Å². The van der Waals surface area contributed by atoms with Gasteiger partial charge < -0.3 is 19.7 Å². The number of hydrogen-bond acceptors (Lipinski definition) is 7. The molecule has 1 unspecified atom stereocenters. The average Bonchev–Trinajstić information content (AvgIpc) is 3.28. The highest BCUT2D eigenvalue weighted by Gasteiger charge is 2.41. The summed E-state index contributed by atoms with van der Waals surface area (Å²) in [6, 6.07) is 13.6. The Morgan fingerprint density at radius 2 is 1.87 bits per heavy atom. The predicted octanol–water partition coefficient (Wildman–Crippen LogP) is 5.18. The number of methoxy groups -OCH3 is 1. The Balaban J connectivity index is 1.53. The highest BCUT2D eigenvalue weighted by molar-refractivity contribution is 8.16. The summed E-state index contributed by atoms with van der Waals surface area (Å²) in [6.07, 6.45) is -4.52. The van der Waals surface area contributed by atoms with Gasteiger partial charge in [-0.15, -0.1) is 0 Å². The number of amides is 1. The first-order valence-corrected chi connectivity index (χ1v) is 12.6. The molecule has 0 spiro atoms. The maximum atomic E-state index is 13.1. The van der Waals surface area contributed by atoms with E-state index in [1.807, 2.05) is 35.2 Å². The van der Waals surface area contributed by atoms with Gasteiger partial charge in [0, 0.05) is 19.4 Å². The van der Waals surface area contributed by atoms with E-state index < -0.39 is 23.8 Å². The topological polar surface area (TPSA) is 80.2 Å². The molecule has 1 amide bonds. The normalized spacial score (nSPS) is 17.1. The fourth-order valence-electron chi connectivity index (χ4n) is 4.16. The number of halogens is 3. The molecule has 2 aromatic rings. The third kappa shape index (κ3) is 6.28. The number of hydrogen-bond donors (Lipinski definition) is 1. The highest BCUT2D eigenvalue weighted by atomic mass is 32.2. The largest absolute Gasteiger partial charge is 0.460 e. The third-order valence-corrected chi connectivity index (χ3v) is 6.83. The zero-order valence-corrected chi connectivity index (χ0v) is 21.6.